The van der Waals surface area contributed by atoms with Crippen molar-refractivity contribution in [1.29, 1.82) is 0 Å². The summed E-state index contributed by atoms with van der Waals surface area (Å²) in [5, 5.41) is 8.68. The van der Waals surface area contributed by atoms with Gasteiger partial charge in [-0.2, -0.15) is 0 Å². The van der Waals surface area contributed by atoms with E-state index in [1.54, 1.807) is 24.3 Å². The molecule has 78 valence electrons. The molecule has 0 aliphatic carbocycles. The first-order valence-corrected chi connectivity index (χ1v) is 5.41. The van der Waals surface area contributed by atoms with Gasteiger partial charge in [0.2, 0.25) is 0 Å². The summed E-state index contributed by atoms with van der Waals surface area (Å²) in [7, 11) is 1.92. The van der Waals surface area contributed by atoms with E-state index in [0.717, 1.165) is 16.5 Å². The molecule has 2 rings (SSSR count). The minimum atomic E-state index is 0.547. The lowest BCUT2D eigenvalue weighted by Crippen LogP contribution is -1.92. The second-order valence-corrected chi connectivity index (χ2v) is 4.04. The van der Waals surface area contributed by atoms with Crippen molar-refractivity contribution in [1.82, 2.24) is 19.7 Å². The first-order valence-electron chi connectivity index (χ1n) is 4.43. The van der Waals surface area contributed by atoms with E-state index in [-0.39, 0.29) is 0 Å². The lowest BCUT2D eigenvalue weighted by molar-refractivity contribution is 0.788. The summed E-state index contributed by atoms with van der Waals surface area (Å²) in [5.74, 6) is 1.37. The monoisotopic (exact) mass is 221 g/mol. The Morgan fingerprint density at radius 1 is 1.53 bits per heavy atom. The Bertz CT molecular complexity index is 453. The SMILES string of the molecule is Cn1cnnc1SCc1ccnc(N)c1. The summed E-state index contributed by atoms with van der Waals surface area (Å²) >= 11 is 1.62. The molecular weight excluding hydrogens is 210 g/mol. The predicted molar refractivity (Wildman–Crippen MR) is 59.2 cm³/mol. The van der Waals surface area contributed by atoms with E-state index in [4.69, 9.17) is 5.73 Å². The predicted octanol–water partition coefficient (Wildman–Crippen LogP) is 1.08. The second-order valence-electron chi connectivity index (χ2n) is 3.10. The standard InChI is InChI=1S/C9H11N5S/c1-14-6-12-13-9(14)15-5-7-2-3-11-8(10)4-7/h2-4,6H,5H2,1H3,(H2,10,11). The minimum absolute atomic E-state index is 0.547. The van der Waals surface area contributed by atoms with Crippen molar-refractivity contribution >= 4 is 17.6 Å². The van der Waals surface area contributed by atoms with E-state index in [2.05, 4.69) is 15.2 Å². The van der Waals surface area contributed by atoms with Gasteiger partial charge in [-0.05, 0) is 17.7 Å². The van der Waals surface area contributed by atoms with Gasteiger partial charge in [0, 0.05) is 19.0 Å². The third-order valence-electron chi connectivity index (χ3n) is 1.88. The molecule has 5 nitrogen and oxygen atoms in total. The Kier molecular flexibility index (Phi) is 2.86. The fourth-order valence-electron chi connectivity index (χ4n) is 1.14. The lowest BCUT2D eigenvalue weighted by Gasteiger charge is -2.01. The summed E-state index contributed by atoms with van der Waals surface area (Å²) < 4.78 is 1.88. The molecule has 0 aliphatic heterocycles. The number of hydrogen-bond acceptors (Lipinski definition) is 5. The molecule has 0 atom stereocenters. The molecule has 0 aromatic carbocycles. The molecule has 0 aliphatic rings. The zero-order valence-electron chi connectivity index (χ0n) is 8.29. The summed E-state index contributed by atoms with van der Waals surface area (Å²) in [4.78, 5) is 3.94. The van der Waals surface area contributed by atoms with Crippen LogP contribution in [-0.2, 0) is 12.8 Å². The average Bonchev–Trinajstić information content (AvgIpc) is 2.61. The molecule has 0 amide bonds. The molecule has 0 fully saturated rings. The molecule has 6 heteroatoms. The van der Waals surface area contributed by atoms with Gasteiger partial charge in [0.25, 0.3) is 0 Å². The number of nitrogens with two attached hydrogens (primary N) is 1. The number of aromatic nitrogens is 4. The minimum Gasteiger partial charge on any atom is -0.384 e. The fraction of sp³-hybridized carbons (Fsp3) is 0.222. The Morgan fingerprint density at radius 3 is 3.07 bits per heavy atom. The van der Waals surface area contributed by atoms with Gasteiger partial charge in [0.1, 0.15) is 12.1 Å². The topological polar surface area (TPSA) is 69.6 Å². The molecule has 0 unspecified atom stereocenters. The summed E-state index contributed by atoms with van der Waals surface area (Å²) in [6.45, 7) is 0. The molecular formula is C9H11N5S. The Labute approximate surface area is 91.7 Å². The number of nitrogen functional groups attached to an aromatic ring is 1. The molecule has 2 heterocycles. The van der Waals surface area contributed by atoms with Gasteiger partial charge in [0.05, 0.1) is 0 Å². The van der Waals surface area contributed by atoms with E-state index in [0.29, 0.717) is 5.82 Å². The van der Waals surface area contributed by atoms with Crippen LogP contribution in [-0.4, -0.2) is 19.7 Å². The van der Waals surface area contributed by atoms with E-state index in [1.807, 2.05) is 23.7 Å². The highest BCUT2D eigenvalue weighted by atomic mass is 32.2. The smallest absolute Gasteiger partial charge is 0.191 e. The van der Waals surface area contributed by atoms with Gasteiger partial charge in [0.15, 0.2) is 5.16 Å². The third-order valence-corrected chi connectivity index (χ3v) is 2.99. The first-order chi connectivity index (χ1) is 7.25. The van der Waals surface area contributed by atoms with Crippen LogP contribution in [0.5, 0.6) is 0 Å². The van der Waals surface area contributed by atoms with Crippen molar-refractivity contribution in [3.8, 4) is 0 Å². The van der Waals surface area contributed by atoms with Crippen molar-refractivity contribution in [2.75, 3.05) is 5.73 Å². The molecule has 0 bridgehead atoms. The second kappa shape index (κ2) is 4.31. The Hall–Kier alpha value is -1.56. The lowest BCUT2D eigenvalue weighted by atomic mass is 10.3. The van der Waals surface area contributed by atoms with Crippen molar-refractivity contribution in [3.63, 3.8) is 0 Å². The summed E-state index contributed by atoms with van der Waals surface area (Å²) in [5.41, 5.74) is 6.72. The van der Waals surface area contributed by atoms with Gasteiger partial charge >= 0.3 is 0 Å². The van der Waals surface area contributed by atoms with Crippen LogP contribution in [0.25, 0.3) is 0 Å². The van der Waals surface area contributed by atoms with Gasteiger partial charge in [-0.15, -0.1) is 10.2 Å². The van der Waals surface area contributed by atoms with Crippen molar-refractivity contribution in [2.24, 2.45) is 7.05 Å². The summed E-state index contributed by atoms with van der Waals surface area (Å²) in [6.07, 6.45) is 3.39. The van der Waals surface area contributed by atoms with Gasteiger partial charge in [-0.3, -0.25) is 0 Å². The largest absolute Gasteiger partial charge is 0.384 e. The number of thioether (sulfide) groups is 1. The number of nitrogens with zero attached hydrogens (tertiary/aromatic N) is 4. The van der Waals surface area contributed by atoms with E-state index in [1.165, 1.54) is 0 Å². The normalized spacial score (nSPS) is 10.5. The highest BCUT2D eigenvalue weighted by molar-refractivity contribution is 7.98. The van der Waals surface area contributed by atoms with Crippen LogP contribution in [0.1, 0.15) is 5.56 Å². The molecule has 0 saturated carbocycles. The Morgan fingerprint density at radius 2 is 2.40 bits per heavy atom. The molecule has 2 aromatic rings. The number of aryl methyl sites for hydroxylation is 1. The van der Waals surface area contributed by atoms with Gasteiger partial charge in [-0.25, -0.2) is 4.98 Å². The maximum Gasteiger partial charge on any atom is 0.191 e. The van der Waals surface area contributed by atoms with Crippen LogP contribution >= 0.6 is 11.8 Å². The van der Waals surface area contributed by atoms with Gasteiger partial charge < -0.3 is 10.3 Å². The van der Waals surface area contributed by atoms with Crippen LogP contribution in [0.4, 0.5) is 5.82 Å². The van der Waals surface area contributed by atoms with E-state index >= 15 is 0 Å². The fourth-order valence-corrected chi connectivity index (χ4v) is 1.97. The molecule has 15 heavy (non-hydrogen) atoms. The number of anilines is 1. The highest BCUT2D eigenvalue weighted by Gasteiger charge is 2.02. The molecule has 0 spiro atoms. The van der Waals surface area contributed by atoms with E-state index < -0.39 is 0 Å². The van der Waals surface area contributed by atoms with Crippen LogP contribution in [0.15, 0.2) is 29.8 Å². The van der Waals surface area contributed by atoms with Crippen LogP contribution in [0, 0.1) is 0 Å². The molecule has 2 aromatic heterocycles. The van der Waals surface area contributed by atoms with Crippen molar-refractivity contribution < 1.29 is 0 Å². The molecule has 0 saturated heterocycles. The Balaban J connectivity index is 2.02. The van der Waals surface area contributed by atoms with Crippen LogP contribution < -0.4 is 5.73 Å². The van der Waals surface area contributed by atoms with E-state index in [9.17, 15) is 0 Å². The number of pyridine rings is 1. The van der Waals surface area contributed by atoms with Crippen molar-refractivity contribution in [2.45, 2.75) is 10.9 Å². The summed E-state index contributed by atoms with van der Waals surface area (Å²) in [6, 6.07) is 3.81. The highest BCUT2D eigenvalue weighted by Crippen LogP contribution is 2.19. The van der Waals surface area contributed by atoms with Gasteiger partial charge in [-0.1, -0.05) is 11.8 Å². The van der Waals surface area contributed by atoms with Crippen molar-refractivity contribution in [3.05, 3.63) is 30.2 Å². The maximum atomic E-state index is 5.58. The number of rotatable bonds is 3. The average molecular weight is 221 g/mol. The quantitative estimate of drug-likeness (QED) is 0.785. The van der Waals surface area contributed by atoms with Crippen LogP contribution in [0.3, 0.4) is 0 Å². The molecule has 2 N–H and O–H groups in total. The zero-order valence-corrected chi connectivity index (χ0v) is 9.11. The van der Waals surface area contributed by atoms with Crippen LogP contribution in [0.2, 0.25) is 0 Å². The zero-order chi connectivity index (χ0) is 10.7. The maximum absolute atomic E-state index is 5.58. The third kappa shape index (κ3) is 2.47. The molecule has 0 radical (unpaired) electrons. The first kappa shape index (κ1) is 9.97. The number of hydrogen-bond donors (Lipinski definition) is 1.